The van der Waals surface area contributed by atoms with Crippen molar-refractivity contribution in [2.24, 2.45) is 5.92 Å². The first kappa shape index (κ1) is 16.8. The average molecular weight is 337 g/mol. The Bertz CT molecular complexity index is 798. The van der Waals surface area contributed by atoms with Crippen molar-refractivity contribution in [2.75, 3.05) is 6.54 Å². The van der Waals surface area contributed by atoms with E-state index >= 15 is 0 Å². The molecule has 3 rings (SSSR count). The molecule has 0 aromatic heterocycles. The van der Waals surface area contributed by atoms with Gasteiger partial charge in [0.25, 0.3) is 0 Å². The lowest BCUT2D eigenvalue weighted by Crippen LogP contribution is -2.43. The summed E-state index contributed by atoms with van der Waals surface area (Å²) in [5.74, 6) is -3.27. The Morgan fingerprint density at radius 3 is 2.16 bits per heavy atom. The summed E-state index contributed by atoms with van der Waals surface area (Å²) in [4.78, 5) is 22.9. The highest BCUT2D eigenvalue weighted by atomic mass is 16.4. The second kappa shape index (κ2) is 6.81. The zero-order chi connectivity index (χ0) is 17.9. The van der Waals surface area contributed by atoms with E-state index in [0.29, 0.717) is 6.54 Å². The van der Waals surface area contributed by atoms with Gasteiger partial charge in [-0.2, -0.15) is 0 Å². The molecular weight excluding hydrogens is 318 g/mol. The fourth-order valence-corrected chi connectivity index (χ4v) is 3.40. The number of hydrogen-bond acceptors (Lipinski definition) is 3. The summed E-state index contributed by atoms with van der Waals surface area (Å²) in [5.41, 5.74) is 2.02. The van der Waals surface area contributed by atoms with Crippen LogP contribution in [0.25, 0.3) is 11.1 Å². The Labute approximate surface area is 145 Å². The minimum Gasteiger partial charge on any atom is -0.481 e. The van der Waals surface area contributed by atoms with Crippen LogP contribution in [0.4, 0.5) is 0 Å². The van der Waals surface area contributed by atoms with Crippen molar-refractivity contribution >= 4 is 11.9 Å². The minimum absolute atomic E-state index is 0.363. The molecule has 0 bridgehead atoms. The van der Waals surface area contributed by atoms with Gasteiger partial charge in [0.2, 0.25) is 0 Å². The van der Waals surface area contributed by atoms with Gasteiger partial charge < -0.3 is 15.5 Å². The van der Waals surface area contributed by atoms with Gasteiger partial charge in [0.05, 0.1) is 12.3 Å². The van der Waals surface area contributed by atoms with Crippen molar-refractivity contribution in [1.29, 1.82) is 0 Å². The molecule has 5 heteroatoms. The van der Waals surface area contributed by atoms with Crippen LogP contribution in [0.3, 0.4) is 0 Å². The highest BCUT2D eigenvalue weighted by Crippen LogP contribution is 2.39. The number of carboxylic acids is 2. The molecule has 1 aliphatic heterocycles. The quantitative estimate of drug-likeness (QED) is 0.754. The molecule has 0 aliphatic carbocycles. The third-order valence-corrected chi connectivity index (χ3v) is 4.72. The topological polar surface area (TPSA) is 86.6 Å². The highest BCUT2D eigenvalue weighted by Gasteiger charge is 2.45. The lowest BCUT2D eigenvalue weighted by molar-refractivity contribution is -0.150. The summed E-state index contributed by atoms with van der Waals surface area (Å²) in [6, 6.07) is 17.5. The van der Waals surface area contributed by atoms with Gasteiger partial charge in [-0.05, 0) is 22.9 Å². The maximum absolute atomic E-state index is 11.8. The van der Waals surface area contributed by atoms with Crippen LogP contribution in [0.15, 0.2) is 66.9 Å². The van der Waals surface area contributed by atoms with E-state index in [9.17, 15) is 14.7 Å². The monoisotopic (exact) mass is 337 g/mol. The van der Waals surface area contributed by atoms with Crippen molar-refractivity contribution in [3.8, 4) is 11.1 Å². The van der Waals surface area contributed by atoms with E-state index in [1.165, 1.54) is 0 Å². The molecule has 0 amide bonds. The first-order valence-electron chi connectivity index (χ1n) is 8.04. The second-order valence-electron chi connectivity index (χ2n) is 6.19. The largest absolute Gasteiger partial charge is 0.481 e. The van der Waals surface area contributed by atoms with Crippen molar-refractivity contribution in [2.45, 2.75) is 11.8 Å². The molecular formula is C20H19NO4. The molecule has 1 unspecified atom stereocenters. The average Bonchev–Trinajstić information content (AvgIpc) is 3.11. The van der Waals surface area contributed by atoms with Gasteiger partial charge >= 0.3 is 11.9 Å². The highest BCUT2D eigenvalue weighted by molar-refractivity contribution is 5.80. The molecule has 1 aliphatic rings. The predicted molar refractivity (Wildman–Crippen MR) is 94.1 cm³/mol. The molecule has 2 aromatic rings. The van der Waals surface area contributed by atoms with Crippen LogP contribution in [-0.2, 0) is 15.0 Å². The standard InChI is InChI=1S/C20H19NO4/c22-18(23)12-17(19(24)25)20(10-11-21-13-20)16-8-6-15(7-9-16)14-4-2-1-3-5-14/h1-11,17,21H,12-13H2,(H,22,23)(H,24,25)/t17-,20?/m1/s1. The van der Waals surface area contributed by atoms with Crippen LogP contribution in [0.1, 0.15) is 12.0 Å². The zero-order valence-electron chi connectivity index (χ0n) is 13.6. The third-order valence-electron chi connectivity index (χ3n) is 4.72. The molecule has 0 spiro atoms. The van der Waals surface area contributed by atoms with Crippen LogP contribution < -0.4 is 5.32 Å². The molecule has 128 valence electrons. The van der Waals surface area contributed by atoms with Crippen molar-refractivity contribution in [3.63, 3.8) is 0 Å². The number of nitrogens with one attached hydrogen (secondary N) is 1. The summed E-state index contributed by atoms with van der Waals surface area (Å²) in [6.45, 7) is 0.363. The van der Waals surface area contributed by atoms with E-state index in [2.05, 4.69) is 5.32 Å². The summed E-state index contributed by atoms with van der Waals surface area (Å²) in [6.07, 6.45) is 3.04. The maximum Gasteiger partial charge on any atom is 0.308 e. The van der Waals surface area contributed by atoms with E-state index < -0.39 is 29.7 Å². The van der Waals surface area contributed by atoms with Crippen molar-refractivity contribution < 1.29 is 19.8 Å². The fourth-order valence-electron chi connectivity index (χ4n) is 3.40. The predicted octanol–water partition coefficient (Wildman–Crippen LogP) is 2.88. The van der Waals surface area contributed by atoms with Crippen LogP contribution in [0.5, 0.6) is 0 Å². The Balaban J connectivity index is 1.99. The fraction of sp³-hybridized carbons (Fsp3) is 0.200. The van der Waals surface area contributed by atoms with Crippen molar-refractivity contribution in [1.82, 2.24) is 5.32 Å². The molecule has 1 heterocycles. The van der Waals surface area contributed by atoms with E-state index in [0.717, 1.165) is 16.7 Å². The van der Waals surface area contributed by atoms with Gasteiger partial charge in [-0.25, -0.2) is 0 Å². The van der Waals surface area contributed by atoms with Crippen LogP contribution in [0.2, 0.25) is 0 Å². The molecule has 5 nitrogen and oxygen atoms in total. The summed E-state index contributed by atoms with van der Waals surface area (Å²) >= 11 is 0. The lowest BCUT2D eigenvalue weighted by atomic mass is 9.69. The van der Waals surface area contributed by atoms with Crippen molar-refractivity contribution in [3.05, 3.63) is 72.4 Å². The SMILES string of the molecule is O=C(O)C[C@H](C(=O)O)C1(c2ccc(-c3ccccc3)cc2)C=CNC1. The minimum atomic E-state index is -1.12. The normalized spacial score (nSPS) is 20.0. The molecule has 2 aromatic carbocycles. The Morgan fingerprint density at radius 1 is 1.00 bits per heavy atom. The Kier molecular flexibility index (Phi) is 4.57. The summed E-state index contributed by atoms with van der Waals surface area (Å²) < 4.78 is 0. The number of hydrogen-bond donors (Lipinski definition) is 3. The van der Waals surface area contributed by atoms with Gasteiger partial charge in [0.15, 0.2) is 0 Å². The van der Waals surface area contributed by atoms with Gasteiger partial charge in [0, 0.05) is 12.0 Å². The zero-order valence-corrected chi connectivity index (χ0v) is 13.6. The first-order valence-corrected chi connectivity index (χ1v) is 8.04. The first-order chi connectivity index (χ1) is 12.0. The second-order valence-corrected chi connectivity index (χ2v) is 6.19. The van der Waals surface area contributed by atoms with E-state index in [1.807, 2.05) is 54.6 Å². The molecule has 2 atom stereocenters. The molecule has 25 heavy (non-hydrogen) atoms. The van der Waals surface area contributed by atoms with E-state index in [-0.39, 0.29) is 0 Å². The number of rotatable bonds is 6. The summed E-state index contributed by atoms with van der Waals surface area (Å²) in [5, 5.41) is 21.8. The van der Waals surface area contributed by atoms with Gasteiger partial charge in [0.1, 0.15) is 0 Å². The number of carboxylic acid groups (broad SMARTS) is 2. The Hall–Kier alpha value is -3.08. The molecule has 0 saturated carbocycles. The number of benzene rings is 2. The summed E-state index contributed by atoms with van der Waals surface area (Å²) in [7, 11) is 0. The van der Waals surface area contributed by atoms with Crippen LogP contribution >= 0.6 is 0 Å². The van der Waals surface area contributed by atoms with E-state index in [1.54, 1.807) is 12.3 Å². The molecule has 3 N–H and O–H groups in total. The maximum atomic E-state index is 11.8. The number of aliphatic carboxylic acids is 2. The van der Waals surface area contributed by atoms with Gasteiger partial charge in [-0.1, -0.05) is 60.7 Å². The smallest absolute Gasteiger partial charge is 0.308 e. The van der Waals surface area contributed by atoms with Crippen LogP contribution in [0, 0.1) is 5.92 Å². The van der Waals surface area contributed by atoms with Gasteiger partial charge in [-0.3, -0.25) is 9.59 Å². The van der Waals surface area contributed by atoms with Crippen LogP contribution in [-0.4, -0.2) is 28.7 Å². The van der Waals surface area contributed by atoms with Gasteiger partial charge in [-0.15, -0.1) is 0 Å². The lowest BCUT2D eigenvalue weighted by Gasteiger charge is -2.33. The molecule has 0 fully saturated rings. The third kappa shape index (κ3) is 3.26. The number of carbonyl (C=O) groups is 2. The molecule has 0 saturated heterocycles. The molecule has 0 radical (unpaired) electrons. The Morgan fingerprint density at radius 2 is 1.64 bits per heavy atom. The van der Waals surface area contributed by atoms with E-state index in [4.69, 9.17) is 5.11 Å².